The van der Waals surface area contributed by atoms with E-state index in [0.29, 0.717) is 11.9 Å². The van der Waals surface area contributed by atoms with E-state index in [1.54, 1.807) is 10.9 Å². The van der Waals surface area contributed by atoms with Crippen LogP contribution in [0.2, 0.25) is 0 Å². The van der Waals surface area contributed by atoms with Crippen LogP contribution in [0.5, 0.6) is 5.75 Å². The van der Waals surface area contributed by atoms with Gasteiger partial charge in [-0.1, -0.05) is 30.3 Å². The number of hydrogen-bond acceptors (Lipinski definition) is 6. The van der Waals surface area contributed by atoms with Gasteiger partial charge in [-0.25, -0.2) is 13.8 Å². The minimum atomic E-state index is -0.645. The molecule has 2 heterocycles. The summed E-state index contributed by atoms with van der Waals surface area (Å²) in [6, 6.07) is 13.3. The normalized spacial score (nSPS) is 16.4. The van der Waals surface area contributed by atoms with Crippen molar-refractivity contribution in [1.82, 2.24) is 9.88 Å². The van der Waals surface area contributed by atoms with Crippen LogP contribution in [-0.4, -0.2) is 29.1 Å². The summed E-state index contributed by atoms with van der Waals surface area (Å²) in [5.41, 5.74) is 2.94. The molecule has 0 spiro atoms. The van der Waals surface area contributed by atoms with Crippen LogP contribution in [-0.2, 0) is 0 Å². The minimum absolute atomic E-state index is 0.0466. The van der Waals surface area contributed by atoms with Gasteiger partial charge < -0.3 is 9.46 Å². The average molecular weight is 448 g/mol. The standard InChI is InChI=1S/C22H23F2N3OS2/c1-15(16-5-3-2-4-6-16)27-9-7-17(8-10-27)28-18-11-19(23)22(20(24)12-18)30-26-21-13-29-14-25-21/h2-6,11-15,17,26H,7-10H2,1H3. The summed E-state index contributed by atoms with van der Waals surface area (Å²) in [6.07, 6.45) is 1.60. The Hall–Kier alpha value is -2.16. The number of ether oxygens (including phenoxy) is 1. The molecule has 1 saturated heterocycles. The van der Waals surface area contributed by atoms with Gasteiger partial charge in [0.15, 0.2) is 0 Å². The van der Waals surface area contributed by atoms with Crippen molar-refractivity contribution in [2.75, 3.05) is 17.8 Å². The molecule has 2 aromatic carbocycles. The highest BCUT2D eigenvalue weighted by atomic mass is 32.2. The Morgan fingerprint density at radius 1 is 1.17 bits per heavy atom. The number of nitrogens with zero attached hydrogens (tertiary/aromatic N) is 2. The molecule has 0 saturated carbocycles. The van der Waals surface area contributed by atoms with Crippen LogP contribution < -0.4 is 9.46 Å². The lowest BCUT2D eigenvalue weighted by atomic mass is 10.0. The minimum Gasteiger partial charge on any atom is -0.490 e. The van der Waals surface area contributed by atoms with Crippen LogP contribution in [0.25, 0.3) is 0 Å². The maximum Gasteiger partial charge on any atom is 0.147 e. The van der Waals surface area contributed by atoms with Gasteiger partial charge in [0.25, 0.3) is 0 Å². The topological polar surface area (TPSA) is 37.4 Å². The Morgan fingerprint density at radius 3 is 2.50 bits per heavy atom. The molecule has 1 atom stereocenters. The van der Waals surface area contributed by atoms with E-state index in [1.165, 1.54) is 29.0 Å². The maximum atomic E-state index is 14.4. The van der Waals surface area contributed by atoms with Crippen LogP contribution in [0, 0.1) is 11.6 Å². The fourth-order valence-electron chi connectivity index (χ4n) is 3.58. The van der Waals surface area contributed by atoms with Crippen LogP contribution in [0.3, 0.4) is 0 Å². The van der Waals surface area contributed by atoms with Gasteiger partial charge >= 0.3 is 0 Å². The molecule has 30 heavy (non-hydrogen) atoms. The Bertz CT molecular complexity index is 925. The number of rotatable bonds is 7. The predicted molar refractivity (Wildman–Crippen MR) is 118 cm³/mol. The zero-order valence-electron chi connectivity index (χ0n) is 16.6. The first kappa shape index (κ1) is 21.1. The molecule has 158 valence electrons. The van der Waals surface area contributed by atoms with E-state index in [0.717, 1.165) is 37.9 Å². The number of benzene rings is 2. The van der Waals surface area contributed by atoms with E-state index >= 15 is 0 Å². The SMILES string of the molecule is CC(c1ccccc1)N1CCC(Oc2cc(F)c(SNc3cscn3)c(F)c2)CC1. The van der Waals surface area contributed by atoms with E-state index in [2.05, 4.69) is 45.8 Å². The number of aromatic nitrogens is 1. The lowest BCUT2D eigenvalue weighted by Gasteiger charge is -2.36. The molecule has 8 heteroatoms. The third-order valence-corrected chi connectivity index (χ3v) is 6.76. The van der Waals surface area contributed by atoms with Crippen molar-refractivity contribution in [3.8, 4) is 5.75 Å². The summed E-state index contributed by atoms with van der Waals surface area (Å²) in [6.45, 7) is 3.98. The summed E-state index contributed by atoms with van der Waals surface area (Å²) < 4.78 is 37.6. The summed E-state index contributed by atoms with van der Waals surface area (Å²) in [7, 11) is 0. The quantitative estimate of drug-likeness (QED) is 0.440. The molecular formula is C22H23F2N3OS2. The second-order valence-electron chi connectivity index (χ2n) is 7.23. The highest BCUT2D eigenvalue weighted by molar-refractivity contribution is 8.00. The van der Waals surface area contributed by atoms with Crippen LogP contribution in [0.15, 0.2) is 58.3 Å². The summed E-state index contributed by atoms with van der Waals surface area (Å²) in [5.74, 6) is -0.487. The molecule has 1 fully saturated rings. The van der Waals surface area contributed by atoms with Gasteiger partial charge in [-0.05, 0) is 37.3 Å². The highest BCUT2D eigenvalue weighted by Crippen LogP contribution is 2.32. The Morgan fingerprint density at radius 2 is 1.87 bits per heavy atom. The van der Waals surface area contributed by atoms with Crippen LogP contribution >= 0.6 is 23.3 Å². The molecule has 4 nitrogen and oxygen atoms in total. The van der Waals surface area contributed by atoms with E-state index < -0.39 is 11.6 Å². The molecule has 0 bridgehead atoms. The van der Waals surface area contributed by atoms with Crippen molar-refractivity contribution < 1.29 is 13.5 Å². The van der Waals surface area contributed by atoms with Crippen molar-refractivity contribution in [2.24, 2.45) is 0 Å². The lowest BCUT2D eigenvalue weighted by Crippen LogP contribution is -2.39. The van der Waals surface area contributed by atoms with E-state index in [-0.39, 0.29) is 16.7 Å². The van der Waals surface area contributed by atoms with Crippen molar-refractivity contribution in [3.63, 3.8) is 0 Å². The first-order valence-corrected chi connectivity index (χ1v) is 11.6. The van der Waals surface area contributed by atoms with E-state index in [1.807, 2.05) is 6.07 Å². The van der Waals surface area contributed by atoms with Crippen molar-refractivity contribution >= 4 is 29.1 Å². The van der Waals surface area contributed by atoms with Gasteiger partial charge in [0, 0.05) is 36.6 Å². The Kier molecular flexibility index (Phi) is 6.86. The maximum absolute atomic E-state index is 14.4. The summed E-state index contributed by atoms with van der Waals surface area (Å²) >= 11 is 2.28. The molecule has 3 aromatic rings. The largest absolute Gasteiger partial charge is 0.490 e. The van der Waals surface area contributed by atoms with Crippen molar-refractivity contribution in [3.05, 3.63) is 70.6 Å². The van der Waals surface area contributed by atoms with E-state index in [9.17, 15) is 8.78 Å². The number of halogens is 2. The molecule has 0 aliphatic carbocycles. The fourth-order valence-corrected chi connectivity index (χ4v) is 4.77. The van der Waals surface area contributed by atoms with Crippen molar-refractivity contribution in [1.29, 1.82) is 0 Å². The molecule has 1 aliphatic rings. The van der Waals surface area contributed by atoms with E-state index in [4.69, 9.17) is 4.74 Å². The smallest absolute Gasteiger partial charge is 0.147 e. The number of likely N-dealkylation sites (tertiary alicyclic amines) is 1. The van der Waals surface area contributed by atoms with Crippen LogP contribution in [0.1, 0.15) is 31.4 Å². The average Bonchev–Trinajstić information content (AvgIpc) is 3.27. The van der Waals surface area contributed by atoms with Gasteiger partial charge in [0.1, 0.15) is 34.2 Å². The molecule has 1 unspecified atom stereocenters. The number of piperidine rings is 1. The Labute approximate surface area is 183 Å². The fraction of sp³-hybridized carbons (Fsp3) is 0.318. The van der Waals surface area contributed by atoms with Gasteiger partial charge in [-0.2, -0.15) is 0 Å². The molecule has 1 aliphatic heterocycles. The number of thiazole rings is 1. The summed E-state index contributed by atoms with van der Waals surface area (Å²) in [5, 5.41) is 1.77. The summed E-state index contributed by atoms with van der Waals surface area (Å²) in [4.78, 5) is 6.36. The third-order valence-electron chi connectivity index (χ3n) is 5.27. The number of nitrogens with one attached hydrogen (secondary N) is 1. The van der Waals surface area contributed by atoms with Gasteiger partial charge in [-0.15, -0.1) is 11.3 Å². The molecule has 1 aromatic heterocycles. The van der Waals surface area contributed by atoms with Gasteiger partial charge in [-0.3, -0.25) is 4.90 Å². The molecule has 0 amide bonds. The zero-order chi connectivity index (χ0) is 20.9. The second kappa shape index (κ2) is 9.76. The van der Waals surface area contributed by atoms with Crippen LogP contribution in [0.4, 0.5) is 14.6 Å². The molecular weight excluding hydrogens is 424 g/mol. The first-order chi connectivity index (χ1) is 14.6. The lowest BCUT2D eigenvalue weighted by molar-refractivity contribution is 0.0792. The monoisotopic (exact) mass is 447 g/mol. The molecule has 1 N–H and O–H groups in total. The molecule has 4 rings (SSSR count). The van der Waals surface area contributed by atoms with Gasteiger partial charge in [0.2, 0.25) is 0 Å². The van der Waals surface area contributed by atoms with Crippen molar-refractivity contribution in [2.45, 2.75) is 36.8 Å². The predicted octanol–water partition coefficient (Wildman–Crippen LogP) is 6.14. The zero-order valence-corrected chi connectivity index (χ0v) is 18.2. The Balaban J connectivity index is 1.32. The second-order valence-corrected chi connectivity index (χ2v) is 8.77. The third kappa shape index (κ3) is 5.11. The first-order valence-electron chi connectivity index (χ1n) is 9.86. The number of hydrogen-bond donors (Lipinski definition) is 1. The molecule has 0 radical (unpaired) electrons. The highest BCUT2D eigenvalue weighted by Gasteiger charge is 2.25. The number of anilines is 1. The van der Waals surface area contributed by atoms with Gasteiger partial charge in [0.05, 0.1) is 5.51 Å².